The van der Waals surface area contributed by atoms with Crippen molar-refractivity contribution in [3.8, 4) is 0 Å². The van der Waals surface area contributed by atoms with Gasteiger partial charge in [-0.05, 0) is 35.5 Å². The monoisotopic (exact) mass is 351 g/mol. The van der Waals surface area contributed by atoms with E-state index in [-0.39, 0.29) is 30.3 Å². The van der Waals surface area contributed by atoms with Gasteiger partial charge in [0.1, 0.15) is 24.3 Å². The average molecular weight is 351 g/mol. The van der Waals surface area contributed by atoms with Crippen LogP contribution in [0.2, 0.25) is 0 Å². The van der Waals surface area contributed by atoms with Crippen LogP contribution in [-0.2, 0) is 14.3 Å². The minimum absolute atomic E-state index is 0.0208. The predicted molar refractivity (Wildman–Crippen MR) is 81.5 cm³/mol. The van der Waals surface area contributed by atoms with Gasteiger partial charge in [0, 0.05) is 18.4 Å². The Labute approximate surface area is 141 Å². The lowest BCUT2D eigenvalue weighted by Gasteiger charge is -2.27. The number of benzene rings is 1. The highest BCUT2D eigenvalue weighted by Crippen LogP contribution is 2.36. The van der Waals surface area contributed by atoms with E-state index in [1.165, 1.54) is 11.8 Å². The fourth-order valence-corrected chi connectivity index (χ4v) is 2.58. The number of halogens is 2. The van der Waals surface area contributed by atoms with Crippen molar-refractivity contribution in [1.29, 1.82) is 0 Å². The molecule has 0 aliphatic carbocycles. The molecule has 0 radical (unpaired) electrons. The average Bonchev–Trinajstić information content (AvgIpc) is 3.04. The molecule has 1 atom stereocenters. The van der Waals surface area contributed by atoms with Crippen molar-refractivity contribution in [2.45, 2.75) is 13.0 Å². The molecule has 1 aromatic carbocycles. The van der Waals surface area contributed by atoms with Crippen LogP contribution in [0.15, 0.2) is 29.5 Å². The zero-order valence-corrected chi connectivity index (χ0v) is 13.5. The smallest absolute Gasteiger partial charge is 0.338 e. The summed E-state index contributed by atoms with van der Waals surface area (Å²) in [6, 6.07) is 1.93. The van der Waals surface area contributed by atoms with Crippen LogP contribution in [0.4, 0.5) is 14.7 Å². The van der Waals surface area contributed by atoms with Crippen LogP contribution >= 0.6 is 0 Å². The predicted octanol–water partition coefficient (Wildman–Crippen LogP) is 1.43. The van der Waals surface area contributed by atoms with Crippen molar-refractivity contribution >= 4 is 11.9 Å². The number of carbonyl (C=O) groups excluding carboxylic acids is 1. The Morgan fingerprint density at radius 1 is 1.36 bits per heavy atom. The van der Waals surface area contributed by atoms with Gasteiger partial charge in [-0.15, -0.1) is 0 Å². The minimum atomic E-state index is -1.06. The maximum Gasteiger partial charge on any atom is 0.338 e. The molecule has 1 N–H and O–H groups in total. The Morgan fingerprint density at radius 2 is 2.16 bits per heavy atom. The lowest BCUT2D eigenvalue weighted by atomic mass is 9.95. The topological polar surface area (TPSA) is 91.2 Å². The lowest BCUT2D eigenvalue weighted by Crippen LogP contribution is -2.30. The highest BCUT2D eigenvalue weighted by Gasteiger charge is 2.36. The SMILES string of the molecule is COCCOC(=O)C1=C(C)Nc2nnnn2[C@@H]1c1cc(F)ccc1F. The number of hydrogen-bond donors (Lipinski definition) is 1. The van der Waals surface area contributed by atoms with Gasteiger partial charge in [0.15, 0.2) is 0 Å². The molecule has 0 fully saturated rings. The second kappa shape index (κ2) is 6.93. The van der Waals surface area contributed by atoms with Crippen LogP contribution in [0.25, 0.3) is 0 Å². The van der Waals surface area contributed by atoms with E-state index in [4.69, 9.17) is 9.47 Å². The van der Waals surface area contributed by atoms with E-state index in [9.17, 15) is 13.6 Å². The van der Waals surface area contributed by atoms with E-state index in [0.717, 1.165) is 18.2 Å². The number of rotatable bonds is 5. The number of nitrogens with zero attached hydrogens (tertiary/aromatic N) is 4. The lowest BCUT2D eigenvalue weighted by molar-refractivity contribution is -0.140. The largest absolute Gasteiger partial charge is 0.460 e. The van der Waals surface area contributed by atoms with Crippen molar-refractivity contribution in [2.24, 2.45) is 0 Å². The van der Waals surface area contributed by atoms with Crippen LogP contribution in [0.5, 0.6) is 0 Å². The van der Waals surface area contributed by atoms with Gasteiger partial charge >= 0.3 is 5.97 Å². The van der Waals surface area contributed by atoms with E-state index in [2.05, 4.69) is 20.8 Å². The van der Waals surface area contributed by atoms with E-state index in [1.54, 1.807) is 6.92 Å². The number of fused-ring (bicyclic) bond motifs is 1. The first-order valence-electron chi connectivity index (χ1n) is 7.39. The van der Waals surface area contributed by atoms with Crippen molar-refractivity contribution in [3.63, 3.8) is 0 Å². The summed E-state index contributed by atoms with van der Waals surface area (Å²) in [6.45, 7) is 1.84. The molecule has 1 aliphatic rings. The second-order valence-electron chi connectivity index (χ2n) is 5.31. The first-order chi connectivity index (χ1) is 12.0. The summed E-state index contributed by atoms with van der Waals surface area (Å²) in [5.41, 5.74) is 0.395. The maximum absolute atomic E-state index is 14.4. The van der Waals surface area contributed by atoms with Crippen molar-refractivity contribution in [2.75, 3.05) is 25.6 Å². The van der Waals surface area contributed by atoms with Gasteiger partial charge in [0.25, 0.3) is 0 Å². The van der Waals surface area contributed by atoms with Gasteiger partial charge in [-0.25, -0.2) is 13.6 Å². The van der Waals surface area contributed by atoms with Gasteiger partial charge in [0.05, 0.1) is 12.2 Å². The second-order valence-corrected chi connectivity index (χ2v) is 5.31. The van der Waals surface area contributed by atoms with Crippen LogP contribution in [0, 0.1) is 11.6 Å². The van der Waals surface area contributed by atoms with Crippen molar-refractivity contribution in [1.82, 2.24) is 20.2 Å². The van der Waals surface area contributed by atoms with Gasteiger partial charge in [-0.1, -0.05) is 5.10 Å². The number of esters is 1. The number of aromatic nitrogens is 4. The summed E-state index contributed by atoms with van der Waals surface area (Å²) in [5.74, 6) is -1.82. The van der Waals surface area contributed by atoms with Crippen LogP contribution in [-0.4, -0.2) is 46.5 Å². The van der Waals surface area contributed by atoms with Crippen LogP contribution in [0.3, 0.4) is 0 Å². The molecule has 1 aromatic heterocycles. The third-order valence-corrected chi connectivity index (χ3v) is 3.71. The summed E-state index contributed by atoms with van der Waals surface area (Å²) in [5, 5.41) is 13.9. The van der Waals surface area contributed by atoms with Gasteiger partial charge < -0.3 is 14.8 Å². The molecule has 3 rings (SSSR count). The van der Waals surface area contributed by atoms with Crippen molar-refractivity contribution < 1.29 is 23.0 Å². The molecule has 10 heteroatoms. The van der Waals surface area contributed by atoms with Crippen molar-refractivity contribution in [3.05, 3.63) is 46.7 Å². The number of nitrogens with one attached hydrogen (secondary N) is 1. The molecule has 0 unspecified atom stereocenters. The molecule has 2 heterocycles. The Balaban J connectivity index is 2.07. The number of ether oxygens (including phenoxy) is 2. The molecular formula is C15H15F2N5O3. The Morgan fingerprint density at radius 3 is 2.92 bits per heavy atom. The van der Waals surface area contributed by atoms with E-state index in [0.29, 0.717) is 5.70 Å². The molecule has 25 heavy (non-hydrogen) atoms. The van der Waals surface area contributed by atoms with Crippen LogP contribution < -0.4 is 5.32 Å². The zero-order valence-electron chi connectivity index (χ0n) is 13.5. The zero-order chi connectivity index (χ0) is 18.0. The molecule has 0 saturated carbocycles. The summed E-state index contributed by atoms with van der Waals surface area (Å²) < 4.78 is 39.2. The Kier molecular flexibility index (Phi) is 4.70. The molecule has 0 amide bonds. The summed E-state index contributed by atoms with van der Waals surface area (Å²) in [4.78, 5) is 12.5. The number of methoxy groups -OCH3 is 1. The van der Waals surface area contributed by atoms with Crippen LogP contribution in [0.1, 0.15) is 18.5 Å². The van der Waals surface area contributed by atoms with Gasteiger partial charge in [-0.3, -0.25) is 0 Å². The molecule has 0 spiro atoms. The molecule has 1 aliphatic heterocycles. The molecule has 0 saturated heterocycles. The first-order valence-corrected chi connectivity index (χ1v) is 7.39. The standard InChI is InChI=1S/C15H15F2N5O3/c1-8-12(14(23)25-6-5-24-2)13(22-15(18-8)19-20-21-22)10-7-9(16)3-4-11(10)17/h3-4,7,13H,5-6H2,1-2H3,(H,18,19,21)/t13-/m1/s1. The number of anilines is 1. The van der Waals surface area contributed by atoms with E-state index >= 15 is 0 Å². The normalized spacial score (nSPS) is 16.4. The first kappa shape index (κ1) is 17.0. The number of carbonyl (C=O) groups is 1. The summed E-state index contributed by atoms with van der Waals surface area (Å²) >= 11 is 0. The number of allylic oxidation sites excluding steroid dienone is 1. The maximum atomic E-state index is 14.4. The van der Waals surface area contributed by atoms with Gasteiger partial charge in [-0.2, -0.15) is 4.68 Å². The fourth-order valence-electron chi connectivity index (χ4n) is 2.58. The summed E-state index contributed by atoms with van der Waals surface area (Å²) in [6.07, 6.45) is 0. The minimum Gasteiger partial charge on any atom is -0.460 e. The van der Waals surface area contributed by atoms with E-state index in [1.807, 2.05) is 0 Å². The van der Waals surface area contributed by atoms with Gasteiger partial charge in [0.2, 0.25) is 5.95 Å². The molecule has 132 valence electrons. The summed E-state index contributed by atoms with van der Waals surface area (Å²) in [7, 11) is 1.47. The third-order valence-electron chi connectivity index (χ3n) is 3.71. The fraction of sp³-hybridized carbons (Fsp3) is 0.333. The third kappa shape index (κ3) is 3.20. The molecule has 0 bridgehead atoms. The molecule has 2 aromatic rings. The Bertz CT molecular complexity index is 836. The highest BCUT2D eigenvalue weighted by molar-refractivity contribution is 5.92. The molecular weight excluding hydrogens is 336 g/mol. The highest BCUT2D eigenvalue weighted by atomic mass is 19.1. The van der Waals surface area contributed by atoms with E-state index < -0.39 is 23.6 Å². The number of tetrazole rings is 1. The quantitative estimate of drug-likeness (QED) is 0.644. The molecule has 8 nitrogen and oxygen atoms in total. The number of hydrogen-bond acceptors (Lipinski definition) is 7. The Hall–Kier alpha value is -2.88.